The molecule has 0 spiro atoms. The van der Waals surface area contributed by atoms with Crippen molar-refractivity contribution in [2.24, 2.45) is 5.73 Å². The normalized spacial score (nSPS) is 13.0. The van der Waals surface area contributed by atoms with Crippen LogP contribution in [0.15, 0.2) is 55.1 Å². The number of para-hydroxylation sites is 1. The second-order valence-electron chi connectivity index (χ2n) is 5.83. The van der Waals surface area contributed by atoms with E-state index in [4.69, 9.17) is 5.73 Å². The molecule has 1 atom stereocenters. The number of imidazole rings is 1. The minimum Gasteiger partial charge on any atom is -0.360 e. The first kappa shape index (κ1) is 13.1. The fourth-order valence-corrected chi connectivity index (χ4v) is 3.05. The van der Waals surface area contributed by atoms with Gasteiger partial charge in [0.25, 0.3) is 0 Å². The third-order valence-electron chi connectivity index (χ3n) is 4.05. The van der Waals surface area contributed by atoms with Crippen LogP contribution in [-0.2, 0) is 6.42 Å². The van der Waals surface area contributed by atoms with Crippen molar-refractivity contribution < 1.29 is 0 Å². The first-order valence-corrected chi connectivity index (χ1v) is 7.50. The smallest absolute Gasteiger partial charge is 0.137 e. The largest absolute Gasteiger partial charge is 0.360 e. The molecule has 1 aromatic carbocycles. The molecule has 0 aliphatic carbocycles. The Labute approximate surface area is 128 Å². The van der Waals surface area contributed by atoms with Crippen LogP contribution in [0.25, 0.3) is 27.7 Å². The number of pyridine rings is 1. The van der Waals surface area contributed by atoms with Crippen molar-refractivity contribution in [3.63, 3.8) is 0 Å². The number of nitrogens with one attached hydrogen (secondary N) is 1. The summed E-state index contributed by atoms with van der Waals surface area (Å²) in [4.78, 5) is 7.79. The van der Waals surface area contributed by atoms with Gasteiger partial charge in [-0.05, 0) is 36.6 Å². The molecule has 110 valence electrons. The number of H-pyrrole nitrogens is 1. The van der Waals surface area contributed by atoms with Gasteiger partial charge in [-0.2, -0.15) is 0 Å². The summed E-state index contributed by atoms with van der Waals surface area (Å²) in [6.45, 7) is 2.04. The molecule has 4 heteroatoms. The number of rotatable bonds is 3. The zero-order chi connectivity index (χ0) is 15.1. The predicted octanol–water partition coefficient (Wildman–Crippen LogP) is 3.37. The Morgan fingerprint density at radius 3 is 3.05 bits per heavy atom. The summed E-state index contributed by atoms with van der Waals surface area (Å²) in [5, 5.41) is 1.25. The molecule has 0 amide bonds. The lowest BCUT2D eigenvalue weighted by Gasteiger charge is -2.06. The quantitative estimate of drug-likeness (QED) is 0.607. The number of hydrogen-bond acceptors (Lipinski definition) is 2. The Kier molecular flexibility index (Phi) is 2.98. The van der Waals surface area contributed by atoms with E-state index in [-0.39, 0.29) is 6.04 Å². The summed E-state index contributed by atoms with van der Waals surface area (Å²) in [6.07, 6.45) is 8.76. The van der Waals surface area contributed by atoms with Crippen LogP contribution < -0.4 is 5.73 Å². The van der Waals surface area contributed by atoms with Gasteiger partial charge in [-0.3, -0.25) is 0 Å². The molecule has 0 radical (unpaired) electrons. The van der Waals surface area contributed by atoms with Crippen molar-refractivity contribution in [2.45, 2.75) is 19.4 Å². The number of fused-ring (bicyclic) bond motifs is 2. The number of aromatic nitrogens is 3. The Bertz CT molecular complexity index is 946. The van der Waals surface area contributed by atoms with Crippen molar-refractivity contribution in [2.75, 3.05) is 0 Å². The first-order chi connectivity index (χ1) is 10.7. The average molecular weight is 290 g/mol. The number of benzene rings is 1. The van der Waals surface area contributed by atoms with Gasteiger partial charge in [0.1, 0.15) is 5.65 Å². The van der Waals surface area contributed by atoms with Gasteiger partial charge >= 0.3 is 0 Å². The molecule has 0 aliphatic heterocycles. The van der Waals surface area contributed by atoms with E-state index >= 15 is 0 Å². The first-order valence-electron chi connectivity index (χ1n) is 7.50. The Morgan fingerprint density at radius 1 is 1.27 bits per heavy atom. The van der Waals surface area contributed by atoms with Crippen LogP contribution in [0, 0.1) is 0 Å². The van der Waals surface area contributed by atoms with E-state index in [2.05, 4.69) is 46.5 Å². The summed E-state index contributed by atoms with van der Waals surface area (Å²) >= 11 is 0. The molecule has 3 heterocycles. The van der Waals surface area contributed by atoms with Crippen LogP contribution in [0.1, 0.15) is 12.5 Å². The fourth-order valence-electron chi connectivity index (χ4n) is 3.05. The van der Waals surface area contributed by atoms with E-state index in [1.54, 1.807) is 0 Å². The molecule has 4 nitrogen and oxygen atoms in total. The van der Waals surface area contributed by atoms with E-state index in [9.17, 15) is 0 Å². The lowest BCUT2D eigenvalue weighted by atomic mass is 10.0. The number of aromatic amines is 1. The van der Waals surface area contributed by atoms with Gasteiger partial charge in [-0.25, -0.2) is 4.98 Å². The van der Waals surface area contributed by atoms with E-state index in [0.29, 0.717) is 0 Å². The molecule has 0 saturated heterocycles. The highest BCUT2D eigenvalue weighted by atomic mass is 15.0. The Morgan fingerprint density at radius 2 is 2.18 bits per heavy atom. The maximum absolute atomic E-state index is 5.95. The third-order valence-corrected chi connectivity index (χ3v) is 4.05. The van der Waals surface area contributed by atoms with Crippen LogP contribution in [0.3, 0.4) is 0 Å². The van der Waals surface area contributed by atoms with E-state index < -0.39 is 0 Å². The molecule has 0 saturated carbocycles. The highest BCUT2D eigenvalue weighted by Crippen LogP contribution is 2.30. The topological polar surface area (TPSA) is 59.1 Å². The molecule has 0 bridgehead atoms. The summed E-state index contributed by atoms with van der Waals surface area (Å²) in [5.41, 5.74) is 11.7. The molecular formula is C18H18N4. The average Bonchev–Trinajstić information content (AvgIpc) is 3.13. The van der Waals surface area contributed by atoms with Gasteiger partial charge in [0, 0.05) is 41.8 Å². The van der Waals surface area contributed by atoms with Gasteiger partial charge in [0.2, 0.25) is 0 Å². The maximum Gasteiger partial charge on any atom is 0.137 e. The summed E-state index contributed by atoms with van der Waals surface area (Å²) in [7, 11) is 0. The molecule has 3 N–H and O–H groups in total. The van der Waals surface area contributed by atoms with E-state index in [0.717, 1.165) is 17.6 Å². The third kappa shape index (κ3) is 2.09. The van der Waals surface area contributed by atoms with Gasteiger partial charge in [-0.1, -0.05) is 18.2 Å². The number of nitrogens with zero attached hydrogens (tertiary/aromatic N) is 2. The highest BCUT2D eigenvalue weighted by molar-refractivity contribution is 5.96. The Hall–Kier alpha value is -2.59. The van der Waals surface area contributed by atoms with Crippen molar-refractivity contribution in [1.29, 1.82) is 0 Å². The monoisotopic (exact) mass is 290 g/mol. The van der Waals surface area contributed by atoms with Crippen LogP contribution >= 0.6 is 0 Å². The van der Waals surface area contributed by atoms with Crippen molar-refractivity contribution in [3.8, 4) is 11.1 Å². The van der Waals surface area contributed by atoms with Crippen LogP contribution in [0.5, 0.6) is 0 Å². The summed E-state index contributed by atoms with van der Waals surface area (Å²) < 4.78 is 2.01. The zero-order valence-electron chi connectivity index (χ0n) is 12.5. The molecule has 3 aromatic heterocycles. The van der Waals surface area contributed by atoms with E-state index in [1.165, 1.54) is 22.1 Å². The molecule has 1 unspecified atom stereocenters. The lowest BCUT2D eigenvalue weighted by Crippen LogP contribution is -2.17. The molecule has 0 aliphatic rings. The summed E-state index contributed by atoms with van der Waals surface area (Å²) in [5.74, 6) is 0. The van der Waals surface area contributed by atoms with Crippen LogP contribution in [0.2, 0.25) is 0 Å². The lowest BCUT2D eigenvalue weighted by molar-refractivity contribution is 0.741. The van der Waals surface area contributed by atoms with Gasteiger partial charge < -0.3 is 15.1 Å². The van der Waals surface area contributed by atoms with Crippen molar-refractivity contribution in [1.82, 2.24) is 14.4 Å². The van der Waals surface area contributed by atoms with Gasteiger partial charge in [0.05, 0.1) is 5.52 Å². The second kappa shape index (κ2) is 5.00. The number of nitrogens with two attached hydrogens (primary N) is 1. The minimum atomic E-state index is 0.156. The highest BCUT2D eigenvalue weighted by Gasteiger charge is 2.10. The summed E-state index contributed by atoms with van der Waals surface area (Å²) in [6, 6.07) is 10.8. The minimum absolute atomic E-state index is 0.156. The zero-order valence-corrected chi connectivity index (χ0v) is 12.5. The van der Waals surface area contributed by atoms with E-state index in [1.807, 2.05) is 29.9 Å². The van der Waals surface area contributed by atoms with Gasteiger partial charge in [-0.15, -0.1) is 0 Å². The fraction of sp³-hybridized carbons (Fsp3) is 0.167. The molecular weight excluding hydrogens is 272 g/mol. The predicted molar refractivity (Wildman–Crippen MR) is 89.8 cm³/mol. The SMILES string of the molecule is CC(N)Cc1c[nH]c2c(-c3ccn4ccnc4c3)cccc12. The standard InChI is InChI=1S/C18H18N4/c1-12(19)9-14-11-21-18-15(3-2-4-16(14)18)13-5-7-22-8-6-20-17(22)10-13/h2-8,10-12,21H,9,19H2,1H3. The van der Waals surface area contributed by atoms with Crippen LogP contribution in [0.4, 0.5) is 0 Å². The molecule has 4 rings (SSSR count). The Balaban J connectivity index is 1.89. The van der Waals surface area contributed by atoms with Crippen molar-refractivity contribution in [3.05, 3.63) is 60.7 Å². The van der Waals surface area contributed by atoms with Crippen molar-refractivity contribution >= 4 is 16.6 Å². The molecule has 4 aromatic rings. The number of hydrogen-bond donors (Lipinski definition) is 2. The maximum atomic E-state index is 5.95. The van der Waals surface area contributed by atoms with Gasteiger partial charge in [0.15, 0.2) is 0 Å². The molecule has 0 fully saturated rings. The molecule has 22 heavy (non-hydrogen) atoms. The second-order valence-corrected chi connectivity index (χ2v) is 5.83. The van der Waals surface area contributed by atoms with Crippen LogP contribution in [-0.4, -0.2) is 20.4 Å².